The lowest BCUT2D eigenvalue weighted by Gasteiger charge is -2.07. The third kappa shape index (κ3) is 1.91. The van der Waals surface area contributed by atoms with E-state index in [1.54, 1.807) is 0 Å². The van der Waals surface area contributed by atoms with Crippen molar-refractivity contribution < 1.29 is 23.4 Å². The van der Waals surface area contributed by atoms with Crippen molar-refractivity contribution in [1.82, 2.24) is 0 Å². The molecule has 0 aliphatic carbocycles. The highest BCUT2D eigenvalue weighted by Gasteiger charge is 2.17. The van der Waals surface area contributed by atoms with Gasteiger partial charge in [0.1, 0.15) is 11.6 Å². The lowest BCUT2D eigenvalue weighted by molar-refractivity contribution is 0.408. The quantitative estimate of drug-likeness (QED) is 0.803. The molecular formula is C12H7F3O2. The standard InChI is InChI=1S/C12H7F3O2/c13-9-3-1-6(16)5-8(9)7-2-4-10(17)12(15)11(7)14/h1-5,16-17H. The van der Waals surface area contributed by atoms with Gasteiger partial charge in [-0.2, -0.15) is 4.39 Å². The monoisotopic (exact) mass is 240 g/mol. The summed E-state index contributed by atoms with van der Waals surface area (Å²) in [7, 11) is 0. The summed E-state index contributed by atoms with van der Waals surface area (Å²) in [6, 6.07) is 4.95. The predicted molar refractivity (Wildman–Crippen MR) is 55.1 cm³/mol. The van der Waals surface area contributed by atoms with Crippen molar-refractivity contribution >= 4 is 0 Å². The van der Waals surface area contributed by atoms with Crippen LogP contribution < -0.4 is 0 Å². The highest BCUT2D eigenvalue weighted by molar-refractivity contribution is 5.67. The summed E-state index contributed by atoms with van der Waals surface area (Å²) in [5.41, 5.74) is -0.643. The van der Waals surface area contributed by atoms with Gasteiger partial charge in [0.25, 0.3) is 0 Å². The van der Waals surface area contributed by atoms with Crippen molar-refractivity contribution in [3.05, 3.63) is 47.8 Å². The molecule has 5 heteroatoms. The Morgan fingerprint density at radius 2 is 1.47 bits per heavy atom. The first-order valence-corrected chi connectivity index (χ1v) is 4.66. The van der Waals surface area contributed by atoms with Crippen LogP contribution in [0, 0.1) is 17.5 Å². The second kappa shape index (κ2) is 4.01. The van der Waals surface area contributed by atoms with Crippen LogP contribution in [0.25, 0.3) is 11.1 Å². The van der Waals surface area contributed by atoms with Crippen LogP contribution in [0.2, 0.25) is 0 Å². The van der Waals surface area contributed by atoms with E-state index >= 15 is 0 Å². The molecule has 0 heterocycles. The Labute approximate surface area is 94.6 Å². The molecule has 0 saturated heterocycles. The van der Waals surface area contributed by atoms with Crippen molar-refractivity contribution in [1.29, 1.82) is 0 Å². The summed E-state index contributed by atoms with van der Waals surface area (Å²) in [6.45, 7) is 0. The molecule has 0 aromatic heterocycles. The van der Waals surface area contributed by atoms with E-state index in [9.17, 15) is 18.3 Å². The van der Waals surface area contributed by atoms with E-state index in [0.29, 0.717) is 0 Å². The van der Waals surface area contributed by atoms with Crippen LogP contribution in [0.15, 0.2) is 30.3 Å². The minimum absolute atomic E-state index is 0.269. The second-order valence-electron chi connectivity index (χ2n) is 3.42. The Kier molecular flexibility index (Phi) is 2.67. The molecule has 0 amide bonds. The first-order valence-electron chi connectivity index (χ1n) is 4.66. The minimum atomic E-state index is -1.45. The SMILES string of the molecule is Oc1ccc(F)c(-c2ccc(O)c(F)c2F)c1. The zero-order chi connectivity index (χ0) is 12.6. The van der Waals surface area contributed by atoms with Crippen molar-refractivity contribution in [3.63, 3.8) is 0 Å². The van der Waals surface area contributed by atoms with Gasteiger partial charge in [0.15, 0.2) is 11.6 Å². The van der Waals surface area contributed by atoms with Crippen molar-refractivity contribution in [2.45, 2.75) is 0 Å². The van der Waals surface area contributed by atoms with Gasteiger partial charge >= 0.3 is 0 Å². The Hall–Kier alpha value is -2.17. The average molecular weight is 240 g/mol. The van der Waals surface area contributed by atoms with Crippen LogP contribution in [0.3, 0.4) is 0 Å². The number of rotatable bonds is 1. The van der Waals surface area contributed by atoms with Crippen LogP contribution in [0.1, 0.15) is 0 Å². The first-order chi connectivity index (χ1) is 8.00. The molecule has 88 valence electrons. The summed E-state index contributed by atoms with van der Waals surface area (Å²) >= 11 is 0. The molecule has 0 saturated carbocycles. The van der Waals surface area contributed by atoms with E-state index in [4.69, 9.17) is 5.11 Å². The van der Waals surface area contributed by atoms with Crippen molar-refractivity contribution in [2.24, 2.45) is 0 Å². The van der Waals surface area contributed by atoms with E-state index < -0.39 is 23.2 Å². The normalized spacial score (nSPS) is 10.5. The third-order valence-electron chi connectivity index (χ3n) is 2.30. The Balaban J connectivity index is 2.69. The Morgan fingerprint density at radius 1 is 0.765 bits per heavy atom. The first kappa shape index (κ1) is 11.3. The van der Waals surface area contributed by atoms with Crippen LogP contribution in [0.4, 0.5) is 13.2 Å². The number of phenolic OH excluding ortho intramolecular Hbond substituents is 2. The zero-order valence-electron chi connectivity index (χ0n) is 8.42. The minimum Gasteiger partial charge on any atom is -0.508 e. The lowest BCUT2D eigenvalue weighted by Crippen LogP contribution is -1.92. The molecule has 0 atom stereocenters. The summed E-state index contributed by atoms with van der Waals surface area (Å²) in [6.07, 6.45) is 0. The zero-order valence-corrected chi connectivity index (χ0v) is 8.42. The number of phenols is 2. The second-order valence-corrected chi connectivity index (χ2v) is 3.42. The van der Waals surface area contributed by atoms with Gasteiger partial charge in [0, 0.05) is 11.1 Å². The van der Waals surface area contributed by atoms with Gasteiger partial charge in [-0.25, -0.2) is 8.78 Å². The predicted octanol–water partition coefficient (Wildman–Crippen LogP) is 3.18. The molecule has 0 unspecified atom stereocenters. The summed E-state index contributed by atoms with van der Waals surface area (Å²) in [5, 5.41) is 18.1. The number of benzene rings is 2. The molecule has 0 aliphatic heterocycles. The lowest BCUT2D eigenvalue weighted by atomic mass is 10.0. The fourth-order valence-corrected chi connectivity index (χ4v) is 1.47. The van der Waals surface area contributed by atoms with Gasteiger partial charge in [0.05, 0.1) is 0 Å². The van der Waals surface area contributed by atoms with Crippen LogP contribution in [0.5, 0.6) is 11.5 Å². The summed E-state index contributed by atoms with van der Waals surface area (Å²) in [5.74, 6) is -4.74. The summed E-state index contributed by atoms with van der Waals surface area (Å²) < 4.78 is 40.0. The summed E-state index contributed by atoms with van der Waals surface area (Å²) in [4.78, 5) is 0. The fraction of sp³-hybridized carbons (Fsp3) is 0. The van der Waals surface area contributed by atoms with E-state index in [2.05, 4.69) is 0 Å². The number of halogens is 3. The van der Waals surface area contributed by atoms with Gasteiger partial charge < -0.3 is 10.2 Å². The molecule has 2 aromatic carbocycles. The smallest absolute Gasteiger partial charge is 0.200 e. The molecule has 17 heavy (non-hydrogen) atoms. The highest BCUT2D eigenvalue weighted by Crippen LogP contribution is 2.32. The van der Waals surface area contributed by atoms with E-state index in [-0.39, 0.29) is 16.9 Å². The highest BCUT2D eigenvalue weighted by atomic mass is 19.2. The van der Waals surface area contributed by atoms with Gasteiger partial charge in [-0.1, -0.05) is 0 Å². The maximum atomic E-state index is 13.5. The van der Waals surface area contributed by atoms with Crippen LogP contribution in [-0.4, -0.2) is 10.2 Å². The molecule has 0 bridgehead atoms. The molecule has 0 aliphatic rings. The van der Waals surface area contributed by atoms with E-state index in [0.717, 1.165) is 30.3 Å². The average Bonchev–Trinajstić information content (AvgIpc) is 2.30. The van der Waals surface area contributed by atoms with Crippen molar-refractivity contribution in [3.8, 4) is 22.6 Å². The van der Waals surface area contributed by atoms with Gasteiger partial charge in [-0.3, -0.25) is 0 Å². The fourth-order valence-electron chi connectivity index (χ4n) is 1.47. The maximum absolute atomic E-state index is 13.5. The molecule has 0 fully saturated rings. The van der Waals surface area contributed by atoms with Crippen molar-refractivity contribution in [2.75, 3.05) is 0 Å². The Morgan fingerprint density at radius 3 is 2.18 bits per heavy atom. The largest absolute Gasteiger partial charge is 0.508 e. The molecule has 2 nitrogen and oxygen atoms in total. The topological polar surface area (TPSA) is 40.5 Å². The Bertz CT molecular complexity index is 582. The van der Waals surface area contributed by atoms with Gasteiger partial charge in [0.2, 0.25) is 5.82 Å². The maximum Gasteiger partial charge on any atom is 0.200 e. The molecule has 2 rings (SSSR count). The third-order valence-corrected chi connectivity index (χ3v) is 2.30. The van der Waals surface area contributed by atoms with E-state index in [1.807, 2.05) is 0 Å². The molecule has 0 spiro atoms. The number of aromatic hydroxyl groups is 2. The molecule has 2 aromatic rings. The molecule has 0 radical (unpaired) electrons. The number of hydrogen-bond donors (Lipinski definition) is 2. The van der Waals surface area contributed by atoms with Crippen LogP contribution in [-0.2, 0) is 0 Å². The molecule has 2 N–H and O–H groups in total. The number of hydrogen-bond acceptors (Lipinski definition) is 2. The van der Waals surface area contributed by atoms with Crippen LogP contribution >= 0.6 is 0 Å². The molecular weight excluding hydrogens is 233 g/mol. The van der Waals surface area contributed by atoms with E-state index in [1.165, 1.54) is 0 Å². The van der Waals surface area contributed by atoms with Gasteiger partial charge in [-0.05, 0) is 30.3 Å². The van der Waals surface area contributed by atoms with Gasteiger partial charge in [-0.15, -0.1) is 0 Å².